The molecule has 0 saturated heterocycles. The molecule has 0 spiro atoms. The van der Waals surface area contributed by atoms with Gasteiger partial charge in [0.1, 0.15) is 6.61 Å². The molecule has 0 amide bonds. The van der Waals surface area contributed by atoms with E-state index in [1.807, 2.05) is 0 Å². The Balaban J connectivity index is 2.51. The molecule has 0 aromatic rings. The minimum absolute atomic E-state index is 0.182. The van der Waals surface area contributed by atoms with Gasteiger partial charge in [-0.15, -0.1) is 0 Å². The average Bonchev–Trinajstić information content (AvgIpc) is 2.40. The lowest BCUT2D eigenvalue weighted by Crippen LogP contribution is -2.39. The van der Waals surface area contributed by atoms with Gasteiger partial charge >= 0.3 is 5.97 Å². The van der Waals surface area contributed by atoms with Crippen LogP contribution in [-0.2, 0) is 9.53 Å². The number of rotatable bonds is 3. The van der Waals surface area contributed by atoms with Crippen molar-refractivity contribution in [3.8, 4) is 0 Å². The molecular formula is C11H18O3. The smallest absolute Gasteiger partial charge is 0.338 e. The highest BCUT2D eigenvalue weighted by Crippen LogP contribution is 2.27. The molecule has 1 fully saturated rings. The summed E-state index contributed by atoms with van der Waals surface area (Å²) in [4.78, 5) is 11.5. The second-order valence-electron chi connectivity index (χ2n) is 3.83. The Morgan fingerprint density at radius 1 is 1.36 bits per heavy atom. The zero-order valence-corrected chi connectivity index (χ0v) is 8.50. The molecule has 14 heavy (non-hydrogen) atoms. The van der Waals surface area contributed by atoms with Crippen molar-refractivity contribution < 1.29 is 14.6 Å². The van der Waals surface area contributed by atoms with E-state index in [1.54, 1.807) is 0 Å². The fraction of sp³-hybridized carbons (Fsp3) is 0.727. The number of esters is 1. The van der Waals surface area contributed by atoms with Gasteiger partial charge in [-0.25, -0.2) is 4.79 Å². The van der Waals surface area contributed by atoms with Crippen molar-refractivity contribution in [2.45, 2.75) is 44.1 Å². The van der Waals surface area contributed by atoms with Crippen molar-refractivity contribution in [1.29, 1.82) is 0 Å². The zero-order chi connectivity index (χ0) is 10.4. The molecule has 0 aromatic heterocycles. The van der Waals surface area contributed by atoms with Crippen LogP contribution in [0.15, 0.2) is 12.7 Å². The molecule has 3 heteroatoms. The van der Waals surface area contributed by atoms with E-state index >= 15 is 0 Å². The topological polar surface area (TPSA) is 46.5 Å². The summed E-state index contributed by atoms with van der Waals surface area (Å²) in [5, 5.41) is 10.0. The van der Waals surface area contributed by atoms with Gasteiger partial charge < -0.3 is 9.84 Å². The molecule has 0 aromatic carbocycles. The SMILES string of the molecule is C=CCOC(=O)C1(O)CCCCCC1. The number of carbonyl (C=O) groups is 1. The monoisotopic (exact) mass is 198 g/mol. The Bertz CT molecular complexity index is 203. The largest absolute Gasteiger partial charge is 0.459 e. The van der Waals surface area contributed by atoms with Crippen molar-refractivity contribution >= 4 is 5.97 Å². The lowest BCUT2D eigenvalue weighted by Gasteiger charge is -2.23. The molecule has 1 aliphatic rings. The van der Waals surface area contributed by atoms with E-state index in [2.05, 4.69) is 6.58 Å². The van der Waals surface area contributed by atoms with Gasteiger partial charge in [0, 0.05) is 0 Å². The molecule has 1 aliphatic carbocycles. The fourth-order valence-corrected chi connectivity index (χ4v) is 1.79. The highest BCUT2D eigenvalue weighted by atomic mass is 16.5. The van der Waals surface area contributed by atoms with Crippen LogP contribution in [0.3, 0.4) is 0 Å². The highest BCUT2D eigenvalue weighted by molar-refractivity contribution is 5.79. The predicted octanol–water partition coefficient (Wildman–Crippen LogP) is 1.80. The van der Waals surface area contributed by atoms with Crippen LogP contribution in [0.5, 0.6) is 0 Å². The third-order valence-corrected chi connectivity index (χ3v) is 2.64. The Morgan fingerprint density at radius 2 is 1.93 bits per heavy atom. The quantitative estimate of drug-likeness (QED) is 0.427. The number of carbonyl (C=O) groups excluding carboxylic acids is 1. The third kappa shape index (κ3) is 2.84. The molecule has 80 valence electrons. The average molecular weight is 198 g/mol. The molecule has 0 aliphatic heterocycles. The highest BCUT2D eigenvalue weighted by Gasteiger charge is 2.37. The van der Waals surface area contributed by atoms with Gasteiger partial charge in [0.2, 0.25) is 0 Å². The summed E-state index contributed by atoms with van der Waals surface area (Å²) in [6, 6.07) is 0. The summed E-state index contributed by atoms with van der Waals surface area (Å²) in [6.45, 7) is 3.64. The standard InChI is InChI=1S/C11H18O3/c1-2-9-14-10(12)11(13)7-5-3-4-6-8-11/h2,13H,1,3-9H2. The first kappa shape index (κ1) is 11.2. The molecule has 1 N–H and O–H groups in total. The number of aliphatic hydroxyl groups is 1. The van der Waals surface area contributed by atoms with Gasteiger partial charge in [0.25, 0.3) is 0 Å². The van der Waals surface area contributed by atoms with Crippen LogP contribution in [0.2, 0.25) is 0 Å². The first-order valence-electron chi connectivity index (χ1n) is 5.19. The zero-order valence-electron chi connectivity index (χ0n) is 8.50. The molecule has 0 bridgehead atoms. The maximum Gasteiger partial charge on any atom is 0.338 e. The van der Waals surface area contributed by atoms with Gasteiger partial charge in [-0.2, -0.15) is 0 Å². The first-order chi connectivity index (χ1) is 6.69. The van der Waals surface area contributed by atoms with Gasteiger partial charge in [-0.05, 0) is 25.7 Å². The van der Waals surface area contributed by atoms with E-state index in [-0.39, 0.29) is 6.61 Å². The molecule has 3 nitrogen and oxygen atoms in total. The third-order valence-electron chi connectivity index (χ3n) is 2.64. The van der Waals surface area contributed by atoms with Crippen LogP contribution in [0.1, 0.15) is 38.5 Å². The van der Waals surface area contributed by atoms with E-state index in [9.17, 15) is 9.90 Å². The molecule has 1 saturated carbocycles. The van der Waals surface area contributed by atoms with Gasteiger partial charge in [0.05, 0.1) is 0 Å². The van der Waals surface area contributed by atoms with E-state index in [0.717, 1.165) is 25.7 Å². The van der Waals surface area contributed by atoms with Crippen LogP contribution in [-0.4, -0.2) is 23.3 Å². The summed E-state index contributed by atoms with van der Waals surface area (Å²) in [5.74, 6) is -0.487. The Hall–Kier alpha value is -0.830. The van der Waals surface area contributed by atoms with Crippen LogP contribution in [0.25, 0.3) is 0 Å². The summed E-state index contributed by atoms with van der Waals surface area (Å²) < 4.78 is 4.88. The van der Waals surface area contributed by atoms with Crippen LogP contribution in [0.4, 0.5) is 0 Å². The number of ether oxygens (including phenoxy) is 1. The van der Waals surface area contributed by atoms with Gasteiger partial charge in [-0.1, -0.05) is 25.5 Å². The minimum atomic E-state index is -1.24. The van der Waals surface area contributed by atoms with Crippen LogP contribution >= 0.6 is 0 Å². The molecule has 0 heterocycles. The molecule has 0 radical (unpaired) electrons. The second-order valence-corrected chi connectivity index (χ2v) is 3.83. The normalized spacial score (nSPS) is 20.9. The lowest BCUT2D eigenvalue weighted by molar-refractivity contribution is -0.165. The maximum atomic E-state index is 11.5. The summed E-state index contributed by atoms with van der Waals surface area (Å²) >= 11 is 0. The molecular weight excluding hydrogens is 180 g/mol. The van der Waals surface area contributed by atoms with Crippen molar-refractivity contribution in [3.63, 3.8) is 0 Å². The fourth-order valence-electron chi connectivity index (χ4n) is 1.79. The minimum Gasteiger partial charge on any atom is -0.459 e. The van der Waals surface area contributed by atoms with Crippen molar-refractivity contribution in [1.82, 2.24) is 0 Å². The molecule has 0 atom stereocenters. The number of hydrogen-bond donors (Lipinski definition) is 1. The van der Waals surface area contributed by atoms with Crippen LogP contribution in [0, 0.1) is 0 Å². The Labute approximate surface area is 84.8 Å². The Morgan fingerprint density at radius 3 is 2.43 bits per heavy atom. The second kappa shape index (κ2) is 5.15. The van der Waals surface area contributed by atoms with Crippen molar-refractivity contribution in [2.75, 3.05) is 6.61 Å². The first-order valence-corrected chi connectivity index (χ1v) is 5.19. The lowest BCUT2D eigenvalue weighted by atomic mass is 9.95. The molecule has 0 unspecified atom stereocenters. The number of hydrogen-bond acceptors (Lipinski definition) is 3. The maximum absolute atomic E-state index is 11.5. The van der Waals surface area contributed by atoms with Crippen molar-refractivity contribution in [2.24, 2.45) is 0 Å². The van der Waals surface area contributed by atoms with E-state index < -0.39 is 11.6 Å². The Kier molecular flexibility index (Phi) is 4.14. The molecule has 1 rings (SSSR count). The summed E-state index contributed by atoms with van der Waals surface area (Å²) in [5.41, 5.74) is -1.24. The van der Waals surface area contributed by atoms with E-state index in [4.69, 9.17) is 4.74 Å². The van der Waals surface area contributed by atoms with Gasteiger partial charge in [0.15, 0.2) is 5.60 Å². The van der Waals surface area contributed by atoms with Crippen molar-refractivity contribution in [3.05, 3.63) is 12.7 Å². The van der Waals surface area contributed by atoms with Crippen LogP contribution < -0.4 is 0 Å². The van der Waals surface area contributed by atoms with E-state index in [1.165, 1.54) is 6.08 Å². The summed E-state index contributed by atoms with van der Waals surface area (Å²) in [6.07, 6.45) is 6.57. The summed E-state index contributed by atoms with van der Waals surface area (Å²) in [7, 11) is 0. The van der Waals surface area contributed by atoms with E-state index in [0.29, 0.717) is 12.8 Å². The van der Waals surface area contributed by atoms with Gasteiger partial charge in [-0.3, -0.25) is 0 Å². The predicted molar refractivity (Wildman–Crippen MR) is 53.8 cm³/mol.